The lowest BCUT2D eigenvalue weighted by molar-refractivity contribution is -0.358. The fraction of sp³-hybridized carbons (Fsp3) is 1.00. The van der Waals surface area contributed by atoms with Crippen molar-refractivity contribution < 1.29 is 19.3 Å². The highest BCUT2D eigenvalue weighted by Gasteiger charge is 2.69. The smallest absolute Gasteiger partial charge is 0.163 e. The molecule has 4 heteroatoms. The molecule has 0 aromatic heterocycles. The molecule has 2 saturated heterocycles. The molecule has 2 aliphatic carbocycles. The number of aliphatic hydroxyl groups is 1. The monoisotopic (exact) mass is 366 g/mol. The van der Waals surface area contributed by atoms with E-state index in [0.29, 0.717) is 11.8 Å². The molecule has 4 nitrogen and oxygen atoms in total. The van der Waals surface area contributed by atoms with Crippen LogP contribution < -0.4 is 0 Å². The van der Waals surface area contributed by atoms with E-state index in [4.69, 9.17) is 14.2 Å². The first-order valence-electron chi connectivity index (χ1n) is 10.6. The molecule has 4 aliphatic rings. The fourth-order valence-corrected chi connectivity index (χ4v) is 7.20. The summed E-state index contributed by atoms with van der Waals surface area (Å²) in [6.07, 6.45) is 6.90. The molecule has 2 heterocycles. The minimum atomic E-state index is -0.475. The molecule has 26 heavy (non-hydrogen) atoms. The van der Waals surface area contributed by atoms with Crippen LogP contribution in [-0.2, 0) is 14.2 Å². The van der Waals surface area contributed by atoms with Gasteiger partial charge in [-0.25, -0.2) is 0 Å². The molecule has 0 amide bonds. The molecule has 4 fully saturated rings. The van der Waals surface area contributed by atoms with Gasteiger partial charge in [-0.05, 0) is 71.1 Å². The largest absolute Gasteiger partial charge is 0.393 e. The Hall–Kier alpha value is -0.160. The first kappa shape index (κ1) is 19.2. The summed E-state index contributed by atoms with van der Waals surface area (Å²) in [4.78, 5) is 0. The van der Waals surface area contributed by atoms with E-state index < -0.39 is 11.4 Å². The molecule has 2 aliphatic heterocycles. The van der Waals surface area contributed by atoms with Crippen molar-refractivity contribution in [3.63, 3.8) is 0 Å². The quantitative estimate of drug-likeness (QED) is 0.752. The van der Waals surface area contributed by atoms with Crippen LogP contribution in [0, 0.1) is 22.7 Å². The van der Waals surface area contributed by atoms with E-state index in [1.807, 2.05) is 13.8 Å². The second kappa shape index (κ2) is 5.68. The molecule has 7 atom stereocenters. The summed E-state index contributed by atoms with van der Waals surface area (Å²) < 4.78 is 19.4. The third-order valence-corrected chi connectivity index (χ3v) is 8.82. The third kappa shape index (κ3) is 2.41. The Morgan fingerprint density at radius 2 is 1.69 bits per heavy atom. The van der Waals surface area contributed by atoms with Gasteiger partial charge in [-0.1, -0.05) is 20.8 Å². The number of rotatable bonds is 1. The van der Waals surface area contributed by atoms with Gasteiger partial charge in [-0.15, -0.1) is 0 Å². The van der Waals surface area contributed by atoms with Crippen LogP contribution in [0.1, 0.15) is 80.1 Å². The van der Waals surface area contributed by atoms with Gasteiger partial charge < -0.3 is 19.3 Å². The molecule has 150 valence electrons. The molecule has 2 saturated carbocycles. The molecule has 0 aromatic carbocycles. The highest BCUT2D eigenvalue weighted by molar-refractivity contribution is 5.17. The Kier molecular flexibility index (Phi) is 4.19. The zero-order valence-electron chi connectivity index (χ0n) is 17.6. The summed E-state index contributed by atoms with van der Waals surface area (Å²) in [5.74, 6) is 0.581. The Balaban J connectivity index is 1.71. The number of aliphatic hydroxyl groups excluding tert-OH is 1. The maximum Gasteiger partial charge on any atom is 0.163 e. The van der Waals surface area contributed by atoms with Gasteiger partial charge in [0.15, 0.2) is 5.79 Å². The Labute approximate surface area is 159 Å². The Bertz CT molecular complexity index is 576. The van der Waals surface area contributed by atoms with Crippen molar-refractivity contribution in [2.24, 2.45) is 22.7 Å². The summed E-state index contributed by atoms with van der Waals surface area (Å²) in [5, 5.41) is 9.94. The van der Waals surface area contributed by atoms with Crippen molar-refractivity contribution >= 4 is 0 Å². The van der Waals surface area contributed by atoms with E-state index in [-0.39, 0.29) is 29.1 Å². The second-order valence-electron chi connectivity index (χ2n) is 10.9. The van der Waals surface area contributed by atoms with Gasteiger partial charge >= 0.3 is 0 Å². The first-order chi connectivity index (χ1) is 12.0. The highest BCUT2D eigenvalue weighted by atomic mass is 16.7. The van der Waals surface area contributed by atoms with Gasteiger partial charge in [-0.2, -0.15) is 0 Å². The summed E-state index contributed by atoms with van der Waals surface area (Å²) in [6.45, 7) is 14.3. The lowest BCUT2D eigenvalue weighted by Gasteiger charge is -2.67. The van der Waals surface area contributed by atoms with E-state index in [9.17, 15) is 5.11 Å². The summed E-state index contributed by atoms with van der Waals surface area (Å²) in [7, 11) is 0. The zero-order valence-corrected chi connectivity index (χ0v) is 17.6. The van der Waals surface area contributed by atoms with Crippen LogP contribution in [-0.4, -0.2) is 41.4 Å². The van der Waals surface area contributed by atoms with Crippen LogP contribution in [0.5, 0.6) is 0 Å². The van der Waals surface area contributed by atoms with Crippen LogP contribution in [0.4, 0.5) is 0 Å². The van der Waals surface area contributed by atoms with Gasteiger partial charge in [0.2, 0.25) is 0 Å². The maximum atomic E-state index is 9.94. The maximum absolute atomic E-state index is 9.94. The normalized spacial score (nSPS) is 56.2. The molecular formula is C22H38O4. The molecule has 4 rings (SSSR count). The number of ether oxygens (including phenoxy) is 3. The Morgan fingerprint density at radius 3 is 2.35 bits per heavy atom. The average molecular weight is 367 g/mol. The molecular weight excluding hydrogens is 328 g/mol. The molecule has 1 N–H and O–H groups in total. The predicted octanol–water partition coefficient (Wildman–Crippen LogP) is 4.29. The lowest BCUT2D eigenvalue weighted by atomic mass is 9.43. The topological polar surface area (TPSA) is 47.9 Å². The lowest BCUT2D eigenvalue weighted by Crippen LogP contribution is -2.68. The Morgan fingerprint density at radius 1 is 0.962 bits per heavy atom. The van der Waals surface area contributed by atoms with Crippen molar-refractivity contribution in [2.75, 3.05) is 13.2 Å². The van der Waals surface area contributed by atoms with Gasteiger partial charge in [0, 0.05) is 10.8 Å². The molecule has 0 aromatic rings. The van der Waals surface area contributed by atoms with Crippen molar-refractivity contribution in [3.8, 4) is 0 Å². The van der Waals surface area contributed by atoms with Crippen molar-refractivity contribution in [3.05, 3.63) is 0 Å². The minimum absolute atomic E-state index is 0.0389. The molecule has 0 unspecified atom stereocenters. The molecule has 0 bridgehead atoms. The van der Waals surface area contributed by atoms with E-state index in [1.165, 1.54) is 12.8 Å². The van der Waals surface area contributed by atoms with Crippen LogP contribution in [0.2, 0.25) is 0 Å². The third-order valence-electron chi connectivity index (χ3n) is 8.82. The van der Waals surface area contributed by atoms with Gasteiger partial charge in [-0.3, -0.25) is 0 Å². The van der Waals surface area contributed by atoms with Crippen LogP contribution in [0.25, 0.3) is 0 Å². The van der Waals surface area contributed by atoms with Crippen LogP contribution in [0.3, 0.4) is 0 Å². The standard InChI is InChI=1S/C22H38O4/c1-15-7-8-16-20(5)14-24-18(2,3)25-17(20)9-10-21(16,6)22(15)12-11-19(4,13-23)26-22/h15-17,23H,7-14H2,1-6H3/t15-,16-,17-,19+,20+,21+,22-/m1/s1. The number of fused-ring (bicyclic) bond motifs is 4. The van der Waals surface area contributed by atoms with Gasteiger partial charge in [0.25, 0.3) is 0 Å². The van der Waals surface area contributed by atoms with Gasteiger partial charge in [0.05, 0.1) is 30.5 Å². The van der Waals surface area contributed by atoms with Crippen LogP contribution in [0.15, 0.2) is 0 Å². The summed E-state index contributed by atoms with van der Waals surface area (Å²) in [6, 6.07) is 0. The average Bonchev–Trinajstić information content (AvgIpc) is 2.94. The number of hydrogen-bond acceptors (Lipinski definition) is 4. The highest BCUT2D eigenvalue weighted by Crippen LogP contribution is 2.68. The SMILES string of the molecule is C[C@@H]1CC[C@@H]2[C@]3(C)COC(C)(C)O[C@@H]3CC[C@]2(C)[C@@]12CC[C@@](C)(CO)O2. The van der Waals surface area contributed by atoms with Crippen molar-refractivity contribution in [1.82, 2.24) is 0 Å². The van der Waals surface area contributed by atoms with E-state index in [2.05, 4.69) is 27.7 Å². The first-order valence-corrected chi connectivity index (χ1v) is 10.6. The van der Waals surface area contributed by atoms with E-state index in [0.717, 1.165) is 32.3 Å². The fourth-order valence-electron chi connectivity index (χ4n) is 7.20. The van der Waals surface area contributed by atoms with Crippen molar-refractivity contribution in [2.45, 2.75) is 103 Å². The zero-order chi connectivity index (χ0) is 19.0. The number of hydrogen-bond donors (Lipinski definition) is 1. The summed E-state index contributed by atoms with van der Waals surface area (Å²) >= 11 is 0. The summed E-state index contributed by atoms with van der Waals surface area (Å²) in [5.41, 5.74) is -0.374. The minimum Gasteiger partial charge on any atom is -0.393 e. The van der Waals surface area contributed by atoms with Gasteiger partial charge in [0.1, 0.15) is 0 Å². The van der Waals surface area contributed by atoms with Crippen molar-refractivity contribution in [1.29, 1.82) is 0 Å². The second-order valence-corrected chi connectivity index (χ2v) is 10.9. The molecule has 0 radical (unpaired) electrons. The van der Waals surface area contributed by atoms with E-state index >= 15 is 0 Å². The predicted molar refractivity (Wildman–Crippen MR) is 101 cm³/mol. The van der Waals surface area contributed by atoms with Crippen LogP contribution >= 0.6 is 0 Å². The molecule has 1 spiro atoms. The van der Waals surface area contributed by atoms with E-state index in [1.54, 1.807) is 0 Å².